The maximum Gasteiger partial charge on any atom is 0.137 e. The molecule has 5 N–H and O–H groups in total. The summed E-state index contributed by atoms with van der Waals surface area (Å²) in [4.78, 5) is 5.14. The maximum absolute atomic E-state index is 10.0. The number of nitrogens with one attached hydrogen (secondary N) is 2. The Kier molecular flexibility index (Phi) is 8.38. The number of aliphatic hydroxyl groups is 1. The van der Waals surface area contributed by atoms with Crippen molar-refractivity contribution in [2.45, 2.75) is 24.3 Å². The molecule has 0 aliphatic rings. The molecular formula is C23H28N4O2S. The van der Waals surface area contributed by atoms with Crippen molar-refractivity contribution in [2.75, 3.05) is 30.2 Å². The summed E-state index contributed by atoms with van der Waals surface area (Å²) in [6, 6.07) is 20.2. The van der Waals surface area contributed by atoms with Gasteiger partial charge in [-0.15, -0.1) is 0 Å². The lowest BCUT2D eigenvalue weighted by Gasteiger charge is -2.13. The largest absolute Gasteiger partial charge is 0.489 e. The van der Waals surface area contributed by atoms with Crippen LogP contribution in [0, 0.1) is 6.92 Å². The number of hydrogen-bond donors (Lipinski definition) is 4. The first-order chi connectivity index (χ1) is 14.6. The number of rotatable bonds is 11. The summed E-state index contributed by atoms with van der Waals surface area (Å²) in [5.74, 6) is 1.04. The fourth-order valence-corrected chi connectivity index (χ4v) is 3.34. The van der Waals surface area contributed by atoms with Crippen LogP contribution in [0.4, 0.5) is 11.5 Å². The van der Waals surface area contributed by atoms with E-state index in [0.717, 1.165) is 18.7 Å². The van der Waals surface area contributed by atoms with Crippen LogP contribution in [0.25, 0.3) is 0 Å². The first kappa shape index (κ1) is 22.0. The normalized spacial score (nSPS) is 11.8. The zero-order valence-corrected chi connectivity index (χ0v) is 17.9. The predicted octanol–water partition coefficient (Wildman–Crippen LogP) is 3.66. The third-order valence-corrected chi connectivity index (χ3v) is 5.28. The van der Waals surface area contributed by atoms with Gasteiger partial charge in [-0.05, 0) is 73.8 Å². The highest BCUT2D eigenvalue weighted by molar-refractivity contribution is 8.00. The average molecular weight is 425 g/mol. The molecule has 0 fully saturated rings. The summed E-state index contributed by atoms with van der Waals surface area (Å²) in [6.07, 6.45) is 1.85. The third kappa shape index (κ3) is 7.59. The van der Waals surface area contributed by atoms with E-state index in [1.54, 1.807) is 30.3 Å². The molecule has 1 unspecified atom stereocenters. The first-order valence-electron chi connectivity index (χ1n) is 9.90. The summed E-state index contributed by atoms with van der Waals surface area (Å²) in [5.41, 5.74) is 9.11. The molecule has 30 heavy (non-hydrogen) atoms. The molecule has 0 saturated carbocycles. The lowest BCUT2D eigenvalue weighted by molar-refractivity contribution is 0.106. The Balaban J connectivity index is 1.30. The minimum Gasteiger partial charge on any atom is -0.489 e. The molecule has 7 heteroatoms. The maximum atomic E-state index is 10.0. The van der Waals surface area contributed by atoms with Crippen molar-refractivity contribution < 1.29 is 9.84 Å². The number of nitrogens with two attached hydrogens (primary N) is 1. The fraction of sp³-hybridized carbons (Fsp3) is 0.261. The molecule has 3 rings (SSSR count). The number of anilines is 2. The van der Waals surface area contributed by atoms with E-state index < -0.39 is 6.10 Å². The first-order valence-corrected chi connectivity index (χ1v) is 10.7. The number of ether oxygens (including phenoxy) is 1. The number of aliphatic hydroxyl groups excluding tert-OH is 1. The number of hydrogen-bond acceptors (Lipinski definition) is 7. The quantitative estimate of drug-likeness (QED) is 0.276. The SMILES string of the molecule is Cc1ccc(SNc2ccc(CCNCC(O)COc3ccc(N)nc3)cc2)cc1. The molecule has 1 heterocycles. The average Bonchev–Trinajstić information content (AvgIpc) is 2.77. The zero-order valence-electron chi connectivity index (χ0n) is 17.0. The summed E-state index contributed by atoms with van der Waals surface area (Å²) < 4.78 is 8.86. The van der Waals surface area contributed by atoms with E-state index >= 15 is 0 Å². The molecular weight excluding hydrogens is 396 g/mol. The van der Waals surface area contributed by atoms with E-state index in [9.17, 15) is 5.11 Å². The van der Waals surface area contributed by atoms with Crippen molar-refractivity contribution in [3.05, 3.63) is 78.0 Å². The molecule has 0 spiro atoms. The van der Waals surface area contributed by atoms with E-state index in [1.165, 1.54) is 16.0 Å². The Bertz CT molecular complexity index is 887. The smallest absolute Gasteiger partial charge is 0.137 e. The highest BCUT2D eigenvalue weighted by Crippen LogP contribution is 2.21. The molecule has 0 aliphatic carbocycles. The number of pyridine rings is 1. The predicted molar refractivity (Wildman–Crippen MR) is 124 cm³/mol. The molecule has 158 valence electrons. The van der Waals surface area contributed by atoms with E-state index in [1.807, 2.05) is 0 Å². The Labute approximate surface area is 182 Å². The van der Waals surface area contributed by atoms with E-state index in [4.69, 9.17) is 10.5 Å². The Hall–Kier alpha value is -2.74. The Morgan fingerprint density at radius 1 is 1.07 bits per heavy atom. The summed E-state index contributed by atoms with van der Waals surface area (Å²) in [5, 5.41) is 13.3. The molecule has 0 aliphatic heterocycles. The van der Waals surface area contributed by atoms with E-state index in [-0.39, 0.29) is 6.61 Å². The van der Waals surface area contributed by atoms with Gasteiger partial charge in [-0.3, -0.25) is 0 Å². The second-order valence-electron chi connectivity index (χ2n) is 7.05. The number of benzene rings is 2. The van der Waals surface area contributed by atoms with Crippen LogP contribution in [-0.2, 0) is 6.42 Å². The lowest BCUT2D eigenvalue weighted by atomic mass is 10.1. The van der Waals surface area contributed by atoms with E-state index in [0.29, 0.717) is 18.1 Å². The molecule has 0 saturated heterocycles. The van der Waals surface area contributed by atoms with Crippen LogP contribution < -0.4 is 20.5 Å². The highest BCUT2D eigenvalue weighted by Gasteiger charge is 2.05. The van der Waals surface area contributed by atoms with Gasteiger partial charge in [0.05, 0.1) is 6.20 Å². The van der Waals surface area contributed by atoms with Crippen LogP contribution in [0.5, 0.6) is 5.75 Å². The van der Waals surface area contributed by atoms with Crippen molar-refractivity contribution in [3.63, 3.8) is 0 Å². The van der Waals surface area contributed by atoms with Gasteiger partial charge in [0, 0.05) is 17.1 Å². The van der Waals surface area contributed by atoms with Crippen molar-refractivity contribution in [3.8, 4) is 5.75 Å². The van der Waals surface area contributed by atoms with Gasteiger partial charge in [-0.25, -0.2) is 4.98 Å². The molecule has 0 amide bonds. The van der Waals surface area contributed by atoms with Gasteiger partial charge in [0.25, 0.3) is 0 Å². The van der Waals surface area contributed by atoms with Crippen LogP contribution >= 0.6 is 11.9 Å². The van der Waals surface area contributed by atoms with Crippen LogP contribution in [0.15, 0.2) is 71.8 Å². The summed E-state index contributed by atoms with van der Waals surface area (Å²) in [6.45, 7) is 3.54. The third-order valence-electron chi connectivity index (χ3n) is 4.43. The van der Waals surface area contributed by atoms with Crippen LogP contribution in [-0.4, -0.2) is 35.9 Å². The molecule has 2 aromatic carbocycles. The van der Waals surface area contributed by atoms with Crippen molar-refractivity contribution >= 4 is 23.5 Å². The monoisotopic (exact) mass is 424 g/mol. The van der Waals surface area contributed by atoms with Crippen LogP contribution in [0.2, 0.25) is 0 Å². The van der Waals surface area contributed by atoms with Crippen molar-refractivity contribution in [2.24, 2.45) is 0 Å². The number of aromatic nitrogens is 1. The number of nitrogens with zero attached hydrogens (tertiary/aromatic N) is 1. The van der Waals surface area contributed by atoms with Crippen molar-refractivity contribution in [1.29, 1.82) is 0 Å². The number of nitrogen functional groups attached to an aromatic ring is 1. The van der Waals surface area contributed by atoms with Gasteiger partial charge < -0.3 is 25.6 Å². The molecule has 3 aromatic rings. The Morgan fingerprint density at radius 2 is 1.83 bits per heavy atom. The van der Waals surface area contributed by atoms with Gasteiger partial charge in [0.2, 0.25) is 0 Å². The van der Waals surface area contributed by atoms with Gasteiger partial charge in [-0.1, -0.05) is 29.8 Å². The second kappa shape index (κ2) is 11.4. The molecule has 6 nitrogen and oxygen atoms in total. The fourth-order valence-electron chi connectivity index (χ4n) is 2.69. The zero-order chi connectivity index (χ0) is 21.2. The lowest BCUT2D eigenvalue weighted by Crippen LogP contribution is -2.32. The molecule has 1 aromatic heterocycles. The van der Waals surface area contributed by atoms with Crippen LogP contribution in [0.3, 0.4) is 0 Å². The van der Waals surface area contributed by atoms with Gasteiger partial charge in [-0.2, -0.15) is 0 Å². The minimum atomic E-state index is -0.590. The standard InChI is InChI=1S/C23H28N4O2S/c1-17-2-9-22(10-3-17)30-27-19-6-4-18(5-7-19)12-13-25-14-20(28)16-29-21-8-11-23(24)26-15-21/h2-11,15,20,25,27-28H,12-14,16H2,1H3,(H2,24,26). The van der Waals surface area contributed by atoms with Crippen molar-refractivity contribution in [1.82, 2.24) is 10.3 Å². The van der Waals surface area contributed by atoms with Gasteiger partial charge >= 0.3 is 0 Å². The summed E-state index contributed by atoms with van der Waals surface area (Å²) in [7, 11) is 0. The summed E-state index contributed by atoms with van der Waals surface area (Å²) >= 11 is 1.60. The second-order valence-corrected chi connectivity index (χ2v) is 7.93. The topological polar surface area (TPSA) is 92.4 Å². The minimum absolute atomic E-state index is 0.206. The molecule has 0 radical (unpaired) electrons. The van der Waals surface area contributed by atoms with Gasteiger partial charge in [0.15, 0.2) is 0 Å². The Morgan fingerprint density at radius 3 is 2.53 bits per heavy atom. The van der Waals surface area contributed by atoms with E-state index in [2.05, 4.69) is 70.5 Å². The molecule has 1 atom stereocenters. The molecule has 0 bridgehead atoms. The van der Waals surface area contributed by atoms with Crippen LogP contribution in [0.1, 0.15) is 11.1 Å². The van der Waals surface area contributed by atoms with Gasteiger partial charge in [0.1, 0.15) is 24.3 Å². The highest BCUT2D eigenvalue weighted by atomic mass is 32.2. The number of aryl methyl sites for hydroxylation is 1.